The van der Waals surface area contributed by atoms with Crippen LogP contribution in [-0.4, -0.2) is 62.8 Å². The number of carbonyl (C=O) groups excluding carboxylic acids is 2. The molecule has 0 radical (unpaired) electrons. The number of nitrogens with one attached hydrogen (secondary N) is 3. The first-order chi connectivity index (χ1) is 27.2. The molecule has 0 saturated carbocycles. The molecule has 298 valence electrons. The number of hydrogen-bond acceptors (Lipinski definition) is 7. The lowest BCUT2D eigenvalue weighted by atomic mass is 9.96. The van der Waals surface area contributed by atoms with E-state index in [-0.39, 0.29) is 32.3 Å². The molecule has 1 aliphatic rings. The van der Waals surface area contributed by atoms with Gasteiger partial charge in [-0.25, -0.2) is 9.59 Å². The van der Waals surface area contributed by atoms with Gasteiger partial charge < -0.3 is 35.2 Å². The molecule has 2 heterocycles. The maximum Gasteiger partial charge on any atom is 0.416 e. The third-order valence-corrected chi connectivity index (χ3v) is 11.9. The topological polar surface area (TPSA) is 179 Å². The van der Waals surface area contributed by atoms with Gasteiger partial charge in [-0.3, -0.25) is 9.36 Å². The molecule has 12 nitrogen and oxygen atoms in total. The number of hydrogen-bond donors (Lipinski definition) is 5. The Morgan fingerprint density at radius 1 is 0.895 bits per heavy atom. The fraction of sp³-hybridized carbons (Fsp3) is 0.268. The second-order valence-electron chi connectivity index (χ2n) is 13.8. The molecular formula is C41H40F3N4O8P. The third kappa shape index (κ3) is 10.9. The van der Waals surface area contributed by atoms with Crippen LogP contribution in [0.5, 0.6) is 0 Å². The minimum Gasteiger partial charge on any atom is -0.480 e. The number of halogens is 3. The number of carboxylic acid groups (broad SMARTS) is 1. The van der Waals surface area contributed by atoms with Crippen molar-refractivity contribution in [2.45, 2.75) is 56.4 Å². The van der Waals surface area contributed by atoms with E-state index < -0.39 is 67.1 Å². The summed E-state index contributed by atoms with van der Waals surface area (Å²) in [6, 6.07) is 27.6. The van der Waals surface area contributed by atoms with Gasteiger partial charge in [-0.1, -0.05) is 96.2 Å². The number of alkyl halides is 3. The number of carbonyl (C=O) groups is 3. The maximum absolute atomic E-state index is 14.5. The zero-order chi connectivity index (χ0) is 40.6. The molecule has 5 aromatic rings. The molecule has 0 saturated heterocycles. The summed E-state index contributed by atoms with van der Waals surface area (Å²) in [7, 11) is -4.56. The number of para-hydroxylation sites is 1. The Morgan fingerprint density at radius 2 is 1.54 bits per heavy atom. The van der Waals surface area contributed by atoms with E-state index >= 15 is 0 Å². The summed E-state index contributed by atoms with van der Waals surface area (Å²) in [5.41, 5.74) is 2.49. The first-order valence-corrected chi connectivity index (χ1v) is 20.0. The number of alkyl carbamates (subject to hydrolysis) is 1. The number of ether oxygens (including phenoxy) is 1. The summed E-state index contributed by atoms with van der Waals surface area (Å²) in [5.74, 6) is -4.97. The average molecular weight is 805 g/mol. The molecule has 0 fully saturated rings. The number of fused-ring (bicyclic) bond motifs is 1. The number of rotatable bonds is 16. The standard InChI is InChI=1S/C41H40F3N4O8P/c42-41(43,44)31-17-15-28(16-18-31)35-22-32(56-48-35)20-30(38(49)46-36(39(50)51)21-29-23-45-34-14-8-7-13-33(29)34)25-57(53,54)37(19-26-9-3-1-4-10-26)47-40(52)55-24-27-11-5-2-6-12-27/h1-18,23,30,32,36-37,45H,19-22,24-25H2,(H,46,49)(H,47,52)(H,50,51)(H,53,54)/t30?,32?,36-,37+/m0/s1. The van der Waals surface area contributed by atoms with E-state index in [9.17, 15) is 42.1 Å². The Hall–Kier alpha value is -5.92. The lowest BCUT2D eigenvalue weighted by Crippen LogP contribution is -2.47. The predicted octanol–water partition coefficient (Wildman–Crippen LogP) is 7.26. The van der Waals surface area contributed by atoms with Gasteiger partial charge in [-0.15, -0.1) is 0 Å². The zero-order valence-electron chi connectivity index (χ0n) is 30.4. The number of oxime groups is 1. The molecule has 1 aromatic heterocycles. The van der Waals surface area contributed by atoms with Crippen molar-refractivity contribution in [2.75, 3.05) is 6.16 Å². The van der Waals surface area contributed by atoms with Crippen LogP contribution in [0.1, 0.15) is 40.7 Å². The lowest BCUT2D eigenvalue weighted by molar-refractivity contribution is -0.142. The number of amides is 2. The summed E-state index contributed by atoms with van der Waals surface area (Å²) >= 11 is 0. The summed E-state index contributed by atoms with van der Waals surface area (Å²) in [6.07, 6.45) is -5.83. The van der Waals surface area contributed by atoms with Gasteiger partial charge in [-0.05, 0) is 46.9 Å². The van der Waals surface area contributed by atoms with Crippen molar-refractivity contribution < 1.29 is 51.7 Å². The second-order valence-corrected chi connectivity index (χ2v) is 16.3. The minimum absolute atomic E-state index is 0.0417. The number of aliphatic carboxylic acids is 1. The van der Waals surface area contributed by atoms with Crippen LogP contribution < -0.4 is 10.6 Å². The van der Waals surface area contributed by atoms with Crippen molar-refractivity contribution in [3.8, 4) is 0 Å². The molecule has 5 N–H and O–H groups in total. The van der Waals surface area contributed by atoms with Crippen LogP contribution >= 0.6 is 7.37 Å². The molecule has 2 amide bonds. The van der Waals surface area contributed by atoms with Crippen LogP contribution in [0.25, 0.3) is 10.9 Å². The molecule has 1 aliphatic heterocycles. The third-order valence-electron chi connectivity index (χ3n) is 9.65. The highest BCUT2D eigenvalue weighted by atomic mass is 31.2. The Kier molecular flexibility index (Phi) is 12.8. The Labute approximate surface area is 325 Å². The molecular weight excluding hydrogens is 764 g/mol. The second kappa shape index (κ2) is 17.9. The van der Waals surface area contributed by atoms with E-state index in [1.54, 1.807) is 72.9 Å². The van der Waals surface area contributed by atoms with Gasteiger partial charge in [0.15, 0.2) is 0 Å². The van der Waals surface area contributed by atoms with Gasteiger partial charge in [0.05, 0.1) is 17.2 Å². The Balaban J connectivity index is 1.23. The Morgan fingerprint density at radius 3 is 2.21 bits per heavy atom. The fourth-order valence-electron chi connectivity index (χ4n) is 6.64. The van der Waals surface area contributed by atoms with Gasteiger partial charge in [0.25, 0.3) is 0 Å². The number of aromatic nitrogens is 1. The van der Waals surface area contributed by atoms with Crippen LogP contribution in [0, 0.1) is 5.92 Å². The molecule has 0 spiro atoms. The van der Waals surface area contributed by atoms with Gasteiger partial charge in [0, 0.05) is 42.5 Å². The van der Waals surface area contributed by atoms with E-state index in [0.29, 0.717) is 28.0 Å². The maximum atomic E-state index is 14.5. The molecule has 0 bridgehead atoms. The lowest BCUT2D eigenvalue weighted by Gasteiger charge is -2.28. The summed E-state index contributed by atoms with van der Waals surface area (Å²) in [4.78, 5) is 60.2. The van der Waals surface area contributed by atoms with Crippen LogP contribution in [0.2, 0.25) is 0 Å². The van der Waals surface area contributed by atoms with Crippen molar-refractivity contribution >= 4 is 42.0 Å². The van der Waals surface area contributed by atoms with Crippen LogP contribution in [0.3, 0.4) is 0 Å². The van der Waals surface area contributed by atoms with Gasteiger partial charge in [0.1, 0.15) is 24.5 Å². The summed E-state index contributed by atoms with van der Waals surface area (Å²) in [6.45, 7) is -0.112. The predicted molar refractivity (Wildman–Crippen MR) is 206 cm³/mol. The molecule has 3 unspecified atom stereocenters. The molecule has 5 atom stereocenters. The number of nitrogens with zero attached hydrogens (tertiary/aromatic N) is 1. The highest BCUT2D eigenvalue weighted by molar-refractivity contribution is 7.58. The smallest absolute Gasteiger partial charge is 0.416 e. The number of benzene rings is 4. The number of H-pyrrole nitrogens is 1. The molecule has 4 aromatic carbocycles. The van der Waals surface area contributed by atoms with Crippen molar-refractivity contribution in [1.29, 1.82) is 0 Å². The summed E-state index contributed by atoms with van der Waals surface area (Å²) in [5, 5.41) is 20.1. The van der Waals surface area contributed by atoms with Crippen LogP contribution in [0.4, 0.5) is 18.0 Å². The van der Waals surface area contributed by atoms with Gasteiger partial charge in [0.2, 0.25) is 13.3 Å². The molecule has 57 heavy (non-hydrogen) atoms. The van der Waals surface area contributed by atoms with Gasteiger partial charge in [-0.2, -0.15) is 13.2 Å². The van der Waals surface area contributed by atoms with E-state index in [0.717, 1.165) is 23.0 Å². The largest absolute Gasteiger partial charge is 0.480 e. The van der Waals surface area contributed by atoms with Crippen LogP contribution in [0.15, 0.2) is 121 Å². The van der Waals surface area contributed by atoms with E-state index in [2.05, 4.69) is 20.8 Å². The minimum atomic E-state index is -4.56. The van der Waals surface area contributed by atoms with Crippen molar-refractivity contribution in [1.82, 2.24) is 15.6 Å². The monoisotopic (exact) mass is 804 g/mol. The highest BCUT2D eigenvalue weighted by Crippen LogP contribution is 2.49. The van der Waals surface area contributed by atoms with E-state index in [1.165, 1.54) is 12.1 Å². The molecule has 16 heteroatoms. The van der Waals surface area contributed by atoms with Gasteiger partial charge >= 0.3 is 18.2 Å². The normalized spacial score (nSPS) is 16.7. The zero-order valence-corrected chi connectivity index (χ0v) is 31.3. The fourth-order valence-corrected chi connectivity index (χ4v) is 8.65. The quantitative estimate of drug-likeness (QED) is 0.0647. The Bertz CT molecular complexity index is 2250. The SMILES string of the molecule is O=C(N[C@@H](Cc1ccccc1)P(=O)(O)CC(CC1CC(c2ccc(C(F)(F)F)cc2)=NO1)C(=O)N[C@@H](Cc1c[nH]c2ccccc12)C(=O)O)OCc1ccccc1. The van der Waals surface area contributed by atoms with Crippen molar-refractivity contribution in [2.24, 2.45) is 11.1 Å². The van der Waals surface area contributed by atoms with Crippen molar-refractivity contribution in [3.05, 3.63) is 143 Å². The number of carboxylic acids is 1. The number of aromatic amines is 1. The first kappa shape index (κ1) is 40.7. The van der Waals surface area contributed by atoms with E-state index in [1.807, 2.05) is 18.2 Å². The highest BCUT2D eigenvalue weighted by Gasteiger charge is 2.41. The van der Waals surface area contributed by atoms with Crippen molar-refractivity contribution in [3.63, 3.8) is 0 Å². The molecule has 0 aliphatic carbocycles. The summed E-state index contributed by atoms with van der Waals surface area (Å²) < 4.78 is 59.4. The van der Waals surface area contributed by atoms with Crippen LogP contribution in [-0.2, 0) is 49.4 Å². The first-order valence-electron chi connectivity index (χ1n) is 18.1. The molecule has 6 rings (SSSR count). The van der Waals surface area contributed by atoms with E-state index in [4.69, 9.17) is 9.57 Å². The average Bonchev–Trinajstić information content (AvgIpc) is 3.84.